The lowest BCUT2D eigenvalue weighted by Gasteiger charge is -2.19. The average molecular weight is 250 g/mol. The van der Waals surface area contributed by atoms with Crippen LogP contribution in [0.25, 0.3) is 0 Å². The first-order chi connectivity index (χ1) is 8.29. The summed E-state index contributed by atoms with van der Waals surface area (Å²) in [7, 11) is 1.68. The molecule has 1 aliphatic heterocycles. The van der Waals surface area contributed by atoms with Crippen LogP contribution in [0.1, 0.15) is 18.4 Å². The Hall–Kier alpha value is -1.16. The Labute approximate surface area is 106 Å². The van der Waals surface area contributed by atoms with Gasteiger partial charge in [-0.3, -0.25) is 4.99 Å². The highest BCUT2D eigenvalue weighted by atomic mass is 32.2. The molecule has 1 unspecified atom stereocenters. The molecule has 0 aromatic heterocycles. The summed E-state index contributed by atoms with van der Waals surface area (Å²) in [6.45, 7) is 0.894. The second kappa shape index (κ2) is 5.96. The van der Waals surface area contributed by atoms with Gasteiger partial charge in [0, 0.05) is 12.3 Å². The second-order valence-corrected chi connectivity index (χ2v) is 5.29. The van der Waals surface area contributed by atoms with Crippen molar-refractivity contribution in [3.63, 3.8) is 0 Å². The molecule has 0 saturated heterocycles. The molecule has 0 fully saturated rings. The van der Waals surface area contributed by atoms with E-state index >= 15 is 0 Å². The fraction of sp³-hybridized carbons (Fsp3) is 0.462. The van der Waals surface area contributed by atoms with Gasteiger partial charge >= 0.3 is 0 Å². The van der Waals surface area contributed by atoms with E-state index in [0.29, 0.717) is 5.25 Å². The van der Waals surface area contributed by atoms with Gasteiger partial charge in [0.1, 0.15) is 11.6 Å². The van der Waals surface area contributed by atoms with E-state index in [1.165, 1.54) is 5.56 Å². The molecule has 2 rings (SSSR count). The third-order valence-electron chi connectivity index (χ3n) is 2.86. The Bertz CT molecular complexity index is 389. The van der Waals surface area contributed by atoms with E-state index in [-0.39, 0.29) is 0 Å². The molecule has 0 saturated carbocycles. The van der Waals surface area contributed by atoms with Gasteiger partial charge in [0.05, 0.1) is 12.4 Å². The average Bonchev–Trinajstić information content (AvgIpc) is 2.38. The molecule has 0 amide bonds. The van der Waals surface area contributed by atoms with Crippen LogP contribution in [0.2, 0.25) is 0 Å². The predicted molar refractivity (Wildman–Crippen MR) is 73.8 cm³/mol. The summed E-state index contributed by atoms with van der Waals surface area (Å²) in [6, 6.07) is 8.19. The minimum absolute atomic E-state index is 0.394. The molecule has 3 nitrogen and oxygen atoms in total. The van der Waals surface area contributed by atoms with Crippen molar-refractivity contribution in [1.82, 2.24) is 0 Å². The standard InChI is InChI=1S/C13H18N2OS/c1-16-11-6-4-10(5-7-11)9-17-12-3-2-8-15-13(12)14/h4-7,12H,2-3,8-9H2,1H3,(H2,14,15). The van der Waals surface area contributed by atoms with Gasteiger partial charge in [-0.15, -0.1) is 11.8 Å². The maximum absolute atomic E-state index is 5.90. The fourth-order valence-electron chi connectivity index (χ4n) is 1.82. The van der Waals surface area contributed by atoms with Gasteiger partial charge in [0.25, 0.3) is 0 Å². The molecule has 17 heavy (non-hydrogen) atoms. The second-order valence-electron chi connectivity index (χ2n) is 4.10. The number of benzene rings is 1. The van der Waals surface area contributed by atoms with Crippen LogP contribution in [0, 0.1) is 0 Å². The topological polar surface area (TPSA) is 47.6 Å². The highest BCUT2D eigenvalue weighted by Gasteiger charge is 2.16. The summed E-state index contributed by atoms with van der Waals surface area (Å²) < 4.78 is 5.13. The lowest BCUT2D eigenvalue weighted by Crippen LogP contribution is -2.29. The van der Waals surface area contributed by atoms with Crippen molar-refractivity contribution in [2.45, 2.75) is 23.8 Å². The molecular formula is C13H18N2OS. The number of methoxy groups -OCH3 is 1. The molecular weight excluding hydrogens is 232 g/mol. The molecule has 0 radical (unpaired) electrons. The zero-order valence-corrected chi connectivity index (χ0v) is 10.9. The van der Waals surface area contributed by atoms with Crippen LogP contribution in [-0.2, 0) is 5.75 Å². The molecule has 1 aromatic rings. The smallest absolute Gasteiger partial charge is 0.118 e. The normalized spacial score (nSPS) is 19.8. The van der Waals surface area contributed by atoms with Crippen molar-refractivity contribution in [3.05, 3.63) is 29.8 Å². The first-order valence-electron chi connectivity index (χ1n) is 5.84. The molecule has 92 valence electrons. The van der Waals surface area contributed by atoms with Gasteiger partial charge in [0.15, 0.2) is 0 Å². The van der Waals surface area contributed by atoms with Crippen molar-refractivity contribution < 1.29 is 4.74 Å². The Morgan fingerprint density at radius 3 is 2.82 bits per heavy atom. The SMILES string of the molecule is COc1ccc(CSC2CCCN=C2N)cc1. The number of hydrogen-bond acceptors (Lipinski definition) is 4. The van der Waals surface area contributed by atoms with E-state index in [0.717, 1.165) is 36.7 Å². The van der Waals surface area contributed by atoms with Gasteiger partial charge in [-0.2, -0.15) is 0 Å². The van der Waals surface area contributed by atoms with Crippen molar-refractivity contribution in [3.8, 4) is 5.75 Å². The first kappa shape index (κ1) is 12.3. The lowest BCUT2D eigenvalue weighted by atomic mass is 10.2. The minimum Gasteiger partial charge on any atom is -0.497 e. The zero-order valence-electron chi connectivity index (χ0n) is 10.1. The molecule has 1 atom stereocenters. The monoisotopic (exact) mass is 250 g/mol. The fourth-order valence-corrected chi connectivity index (χ4v) is 2.99. The summed E-state index contributed by atoms with van der Waals surface area (Å²) in [5.41, 5.74) is 7.20. The maximum atomic E-state index is 5.90. The van der Waals surface area contributed by atoms with E-state index in [1.807, 2.05) is 23.9 Å². The van der Waals surface area contributed by atoms with Crippen LogP contribution < -0.4 is 10.5 Å². The number of nitrogens with zero attached hydrogens (tertiary/aromatic N) is 1. The van der Waals surface area contributed by atoms with Crippen LogP contribution in [0.15, 0.2) is 29.3 Å². The quantitative estimate of drug-likeness (QED) is 0.893. The van der Waals surface area contributed by atoms with E-state index in [9.17, 15) is 0 Å². The predicted octanol–water partition coefficient (Wildman–Crippen LogP) is 2.45. The summed E-state index contributed by atoms with van der Waals surface area (Å²) in [5, 5.41) is 0.394. The van der Waals surface area contributed by atoms with Crippen molar-refractivity contribution >= 4 is 17.6 Å². The van der Waals surface area contributed by atoms with Crippen LogP contribution in [-0.4, -0.2) is 24.7 Å². The third kappa shape index (κ3) is 3.40. The number of hydrogen-bond donors (Lipinski definition) is 1. The van der Waals surface area contributed by atoms with Gasteiger partial charge in [-0.1, -0.05) is 12.1 Å². The minimum atomic E-state index is 0.394. The molecule has 2 N–H and O–H groups in total. The summed E-state index contributed by atoms with van der Waals surface area (Å²) >= 11 is 1.88. The third-order valence-corrected chi connectivity index (χ3v) is 4.24. The van der Waals surface area contributed by atoms with Crippen molar-refractivity contribution in [2.24, 2.45) is 10.7 Å². The maximum Gasteiger partial charge on any atom is 0.118 e. The highest BCUT2D eigenvalue weighted by Crippen LogP contribution is 2.24. The molecule has 0 aliphatic carbocycles. The molecule has 0 bridgehead atoms. The summed E-state index contributed by atoms with van der Waals surface area (Å²) in [4.78, 5) is 4.30. The number of amidine groups is 1. The Balaban J connectivity index is 1.88. The number of thioether (sulfide) groups is 1. The van der Waals surface area contributed by atoms with Crippen LogP contribution >= 0.6 is 11.8 Å². The van der Waals surface area contributed by atoms with E-state index < -0.39 is 0 Å². The van der Waals surface area contributed by atoms with Gasteiger partial charge in [-0.25, -0.2) is 0 Å². The zero-order chi connectivity index (χ0) is 12.1. The Morgan fingerprint density at radius 2 is 2.18 bits per heavy atom. The molecule has 1 heterocycles. The van der Waals surface area contributed by atoms with E-state index in [4.69, 9.17) is 10.5 Å². The number of aliphatic imine (C=N–C) groups is 1. The first-order valence-corrected chi connectivity index (χ1v) is 6.89. The van der Waals surface area contributed by atoms with Crippen LogP contribution in [0.4, 0.5) is 0 Å². The van der Waals surface area contributed by atoms with Crippen LogP contribution in [0.5, 0.6) is 5.75 Å². The number of nitrogens with two attached hydrogens (primary N) is 1. The summed E-state index contributed by atoms with van der Waals surface area (Å²) in [6.07, 6.45) is 2.30. The Kier molecular flexibility index (Phi) is 4.31. The van der Waals surface area contributed by atoms with Gasteiger partial charge in [-0.05, 0) is 30.5 Å². The number of ether oxygens (including phenoxy) is 1. The van der Waals surface area contributed by atoms with Crippen molar-refractivity contribution in [1.29, 1.82) is 0 Å². The van der Waals surface area contributed by atoms with Crippen LogP contribution in [0.3, 0.4) is 0 Å². The Morgan fingerprint density at radius 1 is 1.41 bits per heavy atom. The highest BCUT2D eigenvalue weighted by molar-refractivity contribution is 7.99. The van der Waals surface area contributed by atoms with Gasteiger partial charge < -0.3 is 10.5 Å². The summed E-state index contributed by atoms with van der Waals surface area (Å²) in [5.74, 6) is 2.69. The van der Waals surface area contributed by atoms with E-state index in [1.54, 1.807) is 7.11 Å². The molecule has 1 aliphatic rings. The molecule has 0 spiro atoms. The lowest BCUT2D eigenvalue weighted by molar-refractivity contribution is 0.414. The van der Waals surface area contributed by atoms with Crippen molar-refractivity contribution in [2.75, 3.05) is 13.7 Å². The molecule has 1 aromatic carbocycles. The molecule has 4 heteroatoms. The van der Waals surface area contributed by atoms with E-state index in [2.05, 4.69) is 17.1 Å². The number of rotatable bonds is 4. The largest absolute Gasteiger partial charge is 0.497 e. The van der Waals surface area contributed by atoms with Gasteiger partial charge in [0.2, 0.25) is 0 Å².